The summed E-state index contributed by atoms with van der Waals surface area (Å²) in [6.45, 7) is 0. The second-order valence-corrected chi connectivity index (χ2v) is 6.00. The number of ether oxygens (including phenoxy) is 1. The van der Waals surface area contributed by atoms with Gasteiger partial charge in [0, 0.05) is 34.0 Å². The molecule has 2 aromatic heterocycles. The van der Waals surface area contributed by atoms with Gasteiger partial charge in [-0.15, -0.1) is 0 Å². The maximum absolute atomic E-state index is 6.37. The van der Waals surface area contributed by atoms with Crippen LogP contribution in [0.15, 0.2) is 60.8 Å². The molecule has 0 spiro atoms. The molecular formula is C19H15ClN4O. The fraction of sp³-hybridized carbons (Fsp3) is 0.0526. The molecule has 2 aromatic carbocycles. The number of aromatic nitrogens is 3. The van der Waals surface area contributed by atoms with E-state index in [9.17, 15) is 0 Å². The summed E-state index contributed by atoms with van der Waals surface area (Å²) in [5, 5.41) is 5.28. The van der Waals surface area contributed by atoms with Crippen molar-refractivity contribution >= 4 is 23.1 Å². The third-order valence-corrected chi connectivity index (χ3v) is 4.31. The van der Waals surface area contributed by atoms with Crippen LogP contribution in [0.1, 0.15) is 0 Å². The predicted octanol–water partition coefficient (Wildman–Crippen LogP) is 4.31. The van der Waals surface area contributed by atoms with E-state index in [1.807, 2.05) is 54.6 Å². The van der Waals surface area contributed by atoms with E-state index in [2.05, 4.69) is 10.1 Å². The number of methoxy groups -OCH3 is 1. The summed E-state index contributed by atoms with van der Waals surface area (Å²) in [7, 11) is 1.63. The second-order valence-electron chi connectivity index (χ2n) is 5.56. The van der Waals surface area contributed by atoms with Gasteiger partial charge in [-0.1, -0.05) is 41.9 Å². The van der Waals surface area contributed by atoms with Crippen LogP contribution in [0.3, 0.4) is 0 Å². The van der Waals surface area contributed by atoms with E-state index in [0.717, 1.165) is 28.1 Å². The molecule has 0 aliphatic carbocycles. The van der Waals surface area contributed by atoms with Crippen LogP contribution in [0.25, 0.3) is 28.0 Å². The van der Waals surface area contributed by atoms with Crippen molar-refractivity contribution in [2.24, 2.45) is 0 Å². The first-order valence-electron chi connectivity index (χ1n) is 7.71. The Morgan fingerprint density at radius 2 is 1.80 bits per heavy atom. The quantitative estimate of drug-likeness (QED) is 0.598. The summed E-state index contributed by atoms with van der Waals surface area (Å²) in [6, 6.07) is 17.1. The van der Waals surface area contributed by atoms with E-state index in [-0.39, 0.29) is 0 Å². The SMILES string of the molecule is COc1ccccc1-c1cnc2cc(-c3ccc(Cl)cc3)nn2c1N. The Balaban J connectivity index is 1.87. The second kappa shape index (κ2) is 6.11. The molecule has 4 aromatic rings. The molecule has 0 saturated carbocycles. The van der Waals surface area contributed by atoms with E-state index in [0.29, 0.717) is 16.5 Å². The van der Waals surface area contributed by atoms with E-state index in [1.54, 1.807) is 17.8 Å². The summed E-state index contributed by atoms with van der Waals surface area (Å²) in [6.07, 6.45) is 1.75. The van der Waals surface area contributed by atoms with Crippen molar-refractivity contribution in [3.63, 3.8) is 0 Å². The van der Waals surface area contributed by atoms with Gasteiger partial charge in [-0.3, -0.25) is 0 Å². The van der Waals surface area contributed by atoms with Crippen LogP contribution in [-0.2, 0) is 0 Å². The van der Waals surface area contributed by atoms with Crippen LogP contribution >= 0.6 is 11.6 Å². The summed E-state index contributed by atoms with van der Waals surface area (Å²) < 4.78 is 7.07. The number of hydrogen-bond acceptors (Lipinski definition) is 4. The molecule has 5 nitrogen and oxygen atoms in total. The van der Waals surface area contributed by atoms with E-state index in [4.69, 9.17) is 22.1 Å². The molecule has 0 radical (unpaired) electrons. The average Bonchev–Trinajstić information content (AvgIpc) is 3.08. The van der Waals surface area contributed by atoms with E-state index >= 15 is 0 Å². The van der Waals surface area contributed by atoms with E-state index in [1.165, 1.54) is 0 Å². The highest BCUT2D eigenvalue weighted by Gasteiger charge is 2.14. The number of halogens is 1. The Morgan fingerprint density at radius 1 is 1.04 bits per heavy atom. The van der Waals surface area contributed by atoms with Gasteiger partial charge >= 0.3 is 0 Å². The minimum absolute atomic E-state index is 0.509. The highest BCUT2D eigenvalue weighted by atomic mass is 35.5. The number of nitrogens with two attached hydrogens (primary N) is 1. The molecule has 0 bridgehead atoms. The number of rotatable bonds is 3. The Labute approximate surface area is 149 Å². The van der Waals surface area contributed by atoms with Crippen molar-refractivity contribution in [1.29, 1.82) is 0 Å². The number of benzene rings is 2. The van der Waals surface area contributed by atoms with Crippen LogP contribution in [-0.4, -0.2) is 21.7 Å². The van der Waals surface area contributed by atoms with Crippen molar-refractivity contribution in [3.8, 4) is 28.1 Å². The van der Waals surface area contributed by atoms with Gasteiger partial charge in [0.1, 0.15) is 11.6 Å². The van der Waals surface area contributed by atoms with Crippen LogP contribution in [0.5, 0.6) is 5.75 Å². The predicted molar refractivity (Wildman–Crippen MR) is 99.8 cm³/mol. The Morgan fingerprint density at radius 3 is 2.56 bits per heavy atom. The van der Waals surface area contributed by atoms with E-state index < -0.39 is 0 Å². The number of fused-ring (bicyclic) bond motifs is 1. The zero-order valence-electron chi connectivity index (χ0n) is 13.5. The van der Waals surface area contributed by atoms with Crippen LogP contribution in [0.4, 0.5) is 5.82 Å². The molecule has 0 amide bonds. The highest BCUT2D eigenvalue weighted by Crippen LogP contribution is 2.33. The lowest BCUT2D eigenvalue weighted by Gasteiger charge is -2.10. The Bertz CT molecular complexity index is 1060. The fourth-order valence-corrected chi connectivity index (χ4v) is 2.91. The van der Waals surface area contributed by atoms with Crippen molar-refractivity contribution in [3.05, 3.63) is 65.8 Å². The lowest BCUT2D eigenvalue weighted by Crippen LogP contribution is -2.03. The molecule has 0 aliphatic heterocycles. The van der Waals surface area contributed by atoms with Crippen molar-refractivity contribution in [2.75, 3.05) is 12.8 Å². The maximum Gasteiger partial charge on any atom is 0.157 e. The number of hydrogen-bond donors (Lipinski definition) is 1. The fourth-order valence-electron chi connectivity index (χ4n) is 2.79. The van der Waals surface area contributed by atoms with Crippen LogP contribution < -0.4 is 10.5 Å². The summed E-state index contributed by atoms with van der Waals surface area (Å²) >= 11 is 5.95. The van der Waals surface area contributed by atoms with Gasteiger partial charge in [0.05, 0.1) is 12.8 Å². The highest BCUT2D eigenvalue weighted by molar-refractivity contribution is 6.30. The summed E-state index contributed by atoms with van der Waals surface area (Å²) in [5.41, 5.74) is 10.4. The largest absolute Gasteiger partial charge is 0.496 e. The smallest absolute Gasteiger partial charge is 0.157 e. The molecule has 2 heterocycles. The molecule has 0 atom stereocenters. The van der Waals surface area contributed by atoms with Gasteiger partial charge in [0.25, 0.3) is 0 Å². The normalized spacial score (nSPS) is 11.0. The minimum Gasteiger partial charge on any atom is -0.496 e. The monoisotopic (exact) mass is 350 g/mol. The van der Waals surface area contributed by atoms with Gasteiger partial charge in [0.15, 0.2) is 5.65 Å². The Hall–Kier alpha value is -3.05. The van der Waals surface area contributed by atoms with Crippen molar-refractivity contribution in [2.45, 2.75) is 0 Å². The lowest BCUT2D eigenvalue weighted by atomic mass is 10.1. The third kappa shape index (κ3) is 2.68. The molecule has 0 unspecified atom stereocenters. The van der Waals surface area contributed by atoms with Crippen molar-refractivity contribution in [1.82, 2.24) is 14.6 Å². The topological polar surface area (TPSA) is 65.4 Å². The Kier molecular flexibility index (Phi) is 3.78. The first-order valence-corrected chi connectivity index (χ1v) is 8.09. The van der Waals surface area contributed by atoms with Gasteiger partial charge in [-0.2, -0.15) is 9.61 Å². The molecular weight excluding hydrogens is 336 g/mol. The van der Waals surface area contributed by atoms with Crippen LogP contribution in [0.2, 0.25) is 5.02 Å². The maximum atomic E-state index is 6.37. The zero-order chi connectivity index (χ0) is 17.4. The number of anilines is 1. The number of para-hydroxylation sites is 1. The minimum atomic E-state index is 0.509. The number of nitrogens with zero attached hydrogens (tertiary/aromatic N) is 3. The standard InChI is InChI=1S/C19H15ClN4O/c1-25-17-5-3-2-4-14(17)15-11-22-18-10-16(23-24(18)19(15)21)12-6-8-13(20)9-7-12/h2-11H,21H2,1H3. The summed E-state index contributed by atoms with van der Waals surface area (Å²) in [4.78, 5) is 4.50. The van der Waals surface area contributed by atoms with Crippen molar-refractivity contribution < 1.29 is 4.74 Å². The first kappa shape index (κ1) is 15.5. The molecule has 2 N–H and O–H groups in total. The summed E-state index contributed by atoms with van der Waals surface area (Å²) in [5.74, 6) is 1.25. The van der Waals surface area contributed by atoms with Gasteiger partial charge in [0.2, 0.25) is 0 Å². The molecule has 25 heavy (non-hydrogen) atoms. The van der Waals surface area contributed by atoms with Gasteiger partial charge < -0.3 is 10.5 Å². The molecule has 4 rings (SSSR count). The van der Waals surface area contributed by atoms with Crippen LogP contribution in [0, 0.1) is 0 Å². The average molecular weight is 351 g/mol. The zero-order valence-corrected chi connectivity index (χ0v) is 14.2. The molecule has 0 aliphatic rings. The first-order chi connectivity index (χ1) is 12.2. The van der Waals surface area contributed by atoms with Gasteiger partial charge in [-0.05, 0) is 18.2 Å². The molecule has 0 fully saturated rings. The lowest BCUT2D eigenvalue weighted by molar-refractivity contribution is 0.416. The molecule has 0 saturated heterocycles. The number of nitrogen functional groups attached to an aromatic ring is 1. The molecule has 124 valence electrons. The van der Waals surface area contributed by atoms with Gasteiger partial charge in [-0.25, -0.2) is 4.98 Å². The molecule has 6 heteroatoms. The third-order valence-electron chi connectivity index (χ3n) is 4.06.